The summed E-state index contributed by atoms with van der Waals surface area (Å²) in [7, 11) is 1.84. The van der Waals surface area contributed by atoms with Gasteiger partial charge in [-0.1, -0.05) is 32.0 Å². The molecule has 0 saturated heterocycles. The molecule has 0 bridgehead atoms. The molecule has 1 aromatic carbocycles. The van der Waals surface area contributed by atoms with Crippen molar-refractivity contribution in [1.29, 1.82) is 5.26 Å². The van der Waals surface area contributed by atoms with Crippen molar-refractivity contribution < 1.29 is 4.74 Å². The molecule has 0 aliphatic carbocycles. The molecule has 3 heteroatoms. The van der Waals surface area contributed by atoms with Gasteiger partial charge in [-0.3, -0.25) is 0 Å². The van der Waals surface area contributed by atoms with Gasteiger partial charge in [-0.15, -0.1) is 0 Å². The van der Waals surface area contributed by atoms with Crippen LogP contribution in [0.2, 0.25) is 0 Å². The summed E-state index contributed by atoms with van der Waals surface area (Å²) in [6.07, 6.45) is 3.91. The molecule has 0 spiro atoms. The van der Waals surface area contributed by atoms with E-state index in [1.54, 1.807) is 0 Å². The molecule has 0 aromatic heterocycles. The summed E-state index contributed by atoms with van der Waals surface area (Å²) in [6, 6.07) is 10.6. The maximum absolute atomic E-state index is 9.10. The van der Waals surface area contributed by atoms with E-state index < -0.39 is 5.54 Å². The van der Waals surface area contributed by atoms with Gasteiger partial charge < -0.3 is 10.1 Å². The summed E-state index contributed by atoms with van der Waals surface area (Å²) in [5, 5.41) is 12.2. The molecule has 2 atom stereocenters. The molecule has 0 aliphatic heterocycles. The second-order valence-corrected chi connectivity index (χ2v) is 5.85. The highest BCUT2D eigenvalue weighted by Gasteiger charge is 2.19. The summed E-state index contributed by atoms with van der Waals surface area (Å²) in [5.74, 6) is 1.52. The molecule has 1 rings (SSSR count). The minimum atomic E-state index is -0.422. The Hall–Kier alpha value is -1.53. The van der Waals surface area contributed by atoms with Crippen LogP contribution in [-0.2, 0) is 0 Å². The van der Waals surface area contributed by atoms with Crippen LogP contribution in [0.1, 0.15) is 57.9 Å². The molecule has 1 N–H and O–H groups in total. The van der Waals surface area contributed by atoms with Crippen molar-refractivity contribution >= 4 is 0 Å². The predicted molar refractivity (Wildman–Crippen MR) is 87.6 cm³/mol. The highest BCUT2D eigenvalue weighted by Crippen LogP contribution is 2.28. The number of nitrogens with one attached hydrogen (secondary N) is 1. The third-order valence-electron chi connectivity index (χ3n) is 4.19. The topological polar surface area (TPSA) is 45.0 Å². The number of benzene rings is 1. The SMILES string of the molecule is CCC(C)c1ccccc1OCCCCC(C)(C#N)NC. The molecule has 0 saturated carbocycles. The lowest BCUT2D eigenvalue weighted by atomic mass is 9.97. The van der Waals surface area contributed by atoms with Gasteiger partial charge in [0.25, 0.3) is 0 Å². The number of ether oxygens (including phenoxy) is 1. The van der Waals surface area contributed by atoms with Crippen LogP contribution in [0.4, 0.5) is 0 Å². The van der Waals surface area contributed by atoms with Gasteiger partial charge in [0, 0.05) is 0 Å². The smallest absolute Gasteiger partial charge is 0.122 e. The van der Waals surface area contributed by atoms with Crippen LogP contribution < -0.4 is 10.1 Å². The Balaban J connectivity index is 2.42. The third kappa shape index (κ3) is 5.40. The summed E-state index contributed by atoms with van der Waals surface area (Å²) in [6.45, 7) is 7.07. The van der Waals surface area contributed by atoms with Gasteiger partial charge in [-0.05, 0) is 57.2 Å². The highest BCUT2D eigenvalue weighted by atomic mass is 16.5. The lowest BCUT2D eigenvalue weighted by molar-refractivity contribution is 0.293. The number of hydrogen-bond donors (Lipinski definition) is 1. The van der Waals surface area contributed by atoms with E-state index in [9.17, 15) is 0 Å². The third-order valence-corrected chi connectivity index (χ3v) is 4.19. The van der Waals surface area contributed by atoms with Gasteiger partial charge >= 0.3 is 0 Å². The zero-order chi connectivity index (χ0) is 15.7. The van der Waals surface area contributed by atoms with Gasteiger partial charge in [0.15, 0.2) is 0 Å². The molecule has 0 radical (unpaired) electrons. The Kier molecular flexibility index (Phi) is 7.25. The molecule has 116 valence electrons. The number of nitriles is 1. The minimum absolute atomic E-state index is 0.422. The first-order valence-electron chi connectivity index (χ1n) is 7.88. The minimum Gasteiger partial charge on any atom is -0.493 e. The second kappa shape index (κ2) is 8.69. The molecule has 1 aromatic rings. The van der Waals surface area contributed by atoms with E-state index in [0.717, 1.165) is 31.4 Å². The number of nitrogens with zero attached hydrogens (tertiary/aromatic N) is 1. The first-order chi connectivity index (χ1) is 10.1. The summed E-state index contributed by atoms with van der Waals surface area (Å²) in [4.78, 5) is 0. The van der Waals surface area contributed by atoms with Crippen molar-refractivity contribution in [3.63, 3.8) is 0 Å². The molecule has 2 unspecified atom stereocenters. The molecule has 0 fully saturated rings. The van der Waals surface area contributed by atoms with Gasteiger partial charge in [0.1, 0.15) is 11.3 Å². The van der Waals surface area contributed by atoms with E-state index in [-0.39, 0.29) is 0 Å². The molecule has 0 heterocycles. The average Bonchev–Trinajstić information content (AvgIpc) is 2.54. The Labute approximate surface area is 129 Å². The fraction of sp³-hybridized carbons (Fsp3) is 0.611. The fourth-order valence-corrected chi connectivity index (χ4v) is 2.24. The van der Waals surface area contributed by atoms with E-state index in [4.69, 9.17) is 10.00 Å². The van der Waals surface area contributed by atoms with Crippen LogP contribution in [-0.4, -0.2) is 19.2 Å². The molecule has 3 nitrogen and oxygen atoms in total. The molecular formula is C18H28N2O. The van der Waals surface area contributed by atoms with Gasteiger partial charge in [0.05, 0.1) is 12.7 Å². The lowest BCUT2D eigenvalue weighted by Crippen LogP contribution is -2.37. The first-order valence-corrected chi connectivity index (χ1v) is 7.88. The van der Waals surface area contributed by atoms with Crippen LogP contribution in [0.15, 0.2) is 24.3 Å². The second-order valence-electron chi connectivity index (χ2n) is 5.85. The molecular weight excluding hydrogens is 260 g/mol. The summed E-state index contributed by atoms with van der Waals surface area (Å²) in [5.41, 5.74) is 0.867. The van der Waals surface area contributed by atoms with Gasteiger partial charge in [0.2, 0.25) is 0 Å². The maximum atomic E-state index is 9.10. The molecule has 0 amide bonds. The highest BCUT2D eigenvalue weighted by molar-refractivity contribution is 5.35. The first kappa shape index (κ1) is 17.5. The van der Waals surface area contributed by atoms with E-state index in [2.05, 4.69) is 43.4 Å². The largest absolute Gasteiger partial charge is 0.493 e. The van der Waals surface area contributed by atoms with E-state index in [1.807, 2.05) is 20.0 Å². The Morgan fingerprint density at radius 3 is 2.67 bits per heavy atom. The zero-order valence-electron chi connectivity index (χ0n) is 13.8. The van der Waals surface area contributed by atoms with Crippen LogP contribution in [0.25, 0.3) is 0 Å². The number of unbranched alkanes of at least 4 members (excludes halogenated alkanes) is 1. The van der Waals surface area contributed by atoms with Crippen LogP contribution >= 0.6 is 0 Å². The van der Waals surface area contributed by atoms with E-state index >= 15 is 0 Å². The van der Waals surface area contributed by atoms with Crippen molar-refractivity contribution in [3.05, 3.63) is 29.8 Å². The van der Waals surface area contributed by atoms with E-state index in [0.29, 0.717) is 12.5 Å². The summed E-state index contributed by atoms with van der Waals surface area (Å²) < 4.78 is 5.94. The van der Waals surface area contributed by atoms with Crippen LogP contribution in [0.3, 0.4) is 0 Å². The summed E-state index contributed by atoms with van der Waals surface area (Å²) >= 11 is 0. The lowest BCUT2D eigenvalue weighted by Gasteiger charge is -2.20. The Morgan fingerprint density at radius 2 is 2.05 bits per heavy atom. The standard InChI is InChI=1S/C18H28N2O/c1-5-15(2)16-10-6-7-11-17(16)21-13-9-8-12-18(3,14-19)20-4/h6-7,10-11,15,20H,5,8-9,12-13H2,1-4H3. The Morgan fingerprint density at radius 1 is 1.33 bits per heavy atom. The van der Waals surface area contributed by atoms with E-state index in [1.165, 1.54) is 5.56 Å². The van der Waals surface area contributed by atoms with Crippen molar-refractivity contribution in [2.45, 2.75) is 57.9 Å². The normalized spacial score (nSPS) is 15.0. The quantitative estimate of drug-likeness (QED) is 0.691. The number of para-hydroxylation sites is 1. The predicted octanol–water partition coefficient (Wildman–Crippen LogP) is 4.25. The maximum Gasteiger partial charge on any atom is 0.122 e. The Bertz CT molecular complexity index is 467. The molecule has 21 heavy (non-hydrogen) atoms. The van der Waals surface area contributed by atoms with Crippen molar-refractivity contribution in [2.75, 3.05) is 13.7 Å². The number of rotatable bonds is 9. The van der Waals surface area contributed by atoms with Crippen molar-refractivity contribution in [1.82, 2.24) is 5.32 Å². The average molecular weight is 288 g/mol. The van der Waals surface area contributed by atoms with Crippen LogP contribution in [0, 0.1) is 11.3 Å². The van der Waals surface area contributed by atoms with Crippen molar-refractivity contribution in [3.8, 4) is 11.8 Å². The van der Waals surface area contributed by atoms with Crippen LogP contribution in [0.5, 0.6) is 5.75 Å². The van der Waals surface area contributed by atoms with Crippen molar-refractivity contribution in [2.24, 2.45) is 0 Å². The van der Waals surface area contributed by atoms with Gasteiger partial charge in [-0.25, -0.2) is 0 Å². The fourth-order valence-electron chi connectivity index (χ4n) is 2.24. The number of hydrogen-bond acceptors (Lipinski definition) is 3. The molecule has 0 aliphatic rings. The zero-order valence-corrected chi connectivity index (χ0v) is 13.8. The monoisotopic (exact) mass is 288 g/mol. The van der Waals surface area contributed by atoms with Gasteiger partial charge in [-0.2, -0.15) is 5.26 Å².